The van der Waals surface area contributed by atoms with E-state index in [1.165, 1.54) is 0 Å². The predicted molar refractivity (Wildman–Crippen MR) is 144 cm³/mol. The van der Waals surface area contributed by atoms with Gasteiger partial charge in [-0.25, -0.2) is 4.98 Å². The Hall–Kier alpha value is -3.23. The minimum atomic E-state index is -0.262. The Bertz CT molecular complexity index is 1140. The van der Waals surface area contributed by atoms with Gasteiger partial charge >= 0.3 is 0 Å². The molecular weight excluding hydrogens is 470 g/mol. The number of nitrogens with zero attached hydrogens (tertiary/aromatic N) is 2. The second-order valence-electron chi connectivity index (χ2n) is 9.53. The molecule has 0 spiro atoms. The number of methoxy groups -OCH3 is 1. The standard InChI is InChI=1S/C28H35N3O4.CH4O/c1-19(29-18-34)8-13-23-26(35-2)15-14-25-27(23)30-28(24(17-33)21-6-4-3-5-7-21)31(25)22-11-9-20(16-32)10-12-22;1-2/h3-7,14-16,18-20,22,24,33H,8-13,17H2,1-2H3,(H,29,34);2H,1H3. The number of rotatable bonds is 11. The van der Waals surface area contributed by atoms with Crippen molar-refractivity contribution in [3.63, 3.8) is 0 Å². The number of aldehydes is 1. The highest BCUT2D eigenvalue weighted by molar-refractivity contribution is 5.83. The average molecular weight is 510 g/mol. The molecule has 8 nitrogen and oxygen atoms in total. The quantitative estimate of drug-likeness (QED) is 0.339. The first kappa shape index (κ1) is 28.3. The molecule has 2 aromatic carbocycles. The molecule has 0 radical (unpaired) electrons. The molecule has 2 atom stereocenters. The van der Waals surface area contributed by atoms with Gasteiger partial charge in [-0.05, 0) is 63.1 Å². The molecule has 1 heterocycles. The second kappa shape index (κ2) is 13.9. The normalized spacial score (nSPS) is 18.8. The van der Waals surface area contributed by atoms with Gasteiger partial charge in [-0.15, -0.1) is 0 Å². The molecule has 37 heavy (non-hydrogen) atoms. The molecule has 3 aromatic rings. The van der Waals surface area contributed by atoms with E-state index in [1.54, 1.807) is 7.11 Å². The maximum atomic E-state index is 11.4. The van der Waals surface area contributed by atoms with Gasteiger partial charge in [-0.2, -0.15) is 0 Å². The van der Waals surface area contributed by atoms with Crippen LogP contribution >= 0.6 is 0 Å². The Kier molecular flexibility index (Phi) is 10.7. The van der Waals surface area contributed by atoms with Gasteiger partial charge in [-0.3, -0.25) is 4.79 Å². The lowest BCUT2D eigenvalue weighted by atomic mass is 9.86. The fourth-order valence-corrected chi connectivity index (χ4v) is 5.36. The third-order valence-corrected chi connectivity index (χ3v) is 7.35. The number of carbonyl (C=O) groups excluding carboxylic acids is 2. The first-order valence-electron chi connectivity index (χ1n) is 12.9. The van der Waals surface area contributed by atoms with Crippen LogP contribution in [0, 0.1) is 5.92 Å². The number of imidazole rings is 1. The van der Waals surface area contributed by atoms with E-state index in [-0.39, 0.29) is 30.5 Å². The van der Waals surface area contributed by atoms with E-state index in [2.05, 4.69) is 16.0 Å². The van der Waals surface area contributed by atoms with Crippen molar-refractivity contribution in [3.8, 4) is 5.75 Å². The number of aromatic nitrogens is 2. The number of amides is 1. The average Bonchev–Trinajstić information content (AvgIpc) is 3.33. The molecule has 1 saturated carbocycles. The fraction of sp³-hybridized carbons (Fsp3) is 0.483. The van der Waals surface area contributed by atoms with Crippen molar-refractivity contribution in [2.75, 3.05) is 20.8 Å². The van der Waals surface area contributed by atoms with Gasteiger partial charge in [0.05, 0.1) is 30.7 Å². The number of hydrogen-bond acceptors (Lipinski definition) is 6. The molecule has 1 amide bonds. The molecular formula is C29H39N3O5. The van der Waals surface area contributed by atoms with Crippen molar-refractivity contribution in [3.05, 3.63) is 59.4 Å². The van der Waals surface area contributed by atoms with E-state index in [9.17, 15) is 14.7 Å². The number of carbonyl (C=O) groups is 2. The second-order valence-corrected chi connectivity index (χ2v) is 9.53. The summed E-state index contributed by atoms with van der Waals surface area (Å²) in [7, 11) is 2.66. The fourth-order valence-electron chi connectivity index (χ4n) is 5.36. The summed E-state index contributed by atoms with van der Waals surface area (Å²) in [6, 6.07) is 14.3. The Balaban J connectivity index is 0.00000186. The summed E-state index contributed by atoms with van der Waals surface area (Å²) >= 11 is 0. The van der Waals surface area contributed by atoms with Crippen molar-refractivity contribution in [1.29, 1.82) is 0 Å². The molecule has 0 bridgehead atoms. The zero-order valence-corrected chi connectivity index (χ0v) is 22.0. The van der Waals surface area contributed by atoms with Crippen LogP contribution in [0.1, 0.15) is 67.9 Å². The first-order chi connectivity index (χ1) is 18.1. The molecule has 1 aromatic heterocycles. The largest absolute Gasteiger partial charge is 0.496 e. The summed E-state index contributed by atoms with van der Waals surface area (Å²) < 4.78 is 8.02. The molecule has 1 aliphatic rings. The van der Waals surface area contributed by atoms with Crippen molar-refractivity contribution < 1.29 is 24.5 Å². The monoisotopic (exact) mass is 509 g/mol. The smallest absolute Gasteiger partial charge is 0.207 e. The predicted octanol–water partition coefficient (Wildman–Crippen LogP) is 3.77. The van der Waals surface area contributed by atoms with Gasteiger partial charge in [0.15, 0.2) is 0 Å². The lowest BCUT2D eigenvalue weighted by Crippen LogP contribution is -2.24. The third-order valence-electron chi connectivity index (χ3n) is 7.35. The van der Waals surface area contributed by atoms with Crippen LogP contribution in [-0.4, -0.2) is 59.3 Å². The minimum absolute atomic E-state index is 0.0298. The number of aryl methyl sites for hydroxylation is 1. The van der Waals surface area contributed by atoms with Crippen LogP contribution in [0.25, 0.3) is 11.0 Å². The van der Waals surface area contributed by atoms with E-state index < -0.39 is 0 Å². The van der Waals surface area contributed by atoms with Crippen LogP contribution in [0.3, 0.4) is 0 Å². The highest BCUT2D eigenvalue weighted by Crippen LogP contribution is 2.40. The molecule has 0 aliphatic heterocycles. The Morgan fingerprint density at radius 2 is 1.81 bits per heavy atom. The van der Waals surface area contributed by atoms with Gasteiger partial charge in [0, 0.05) is 30.7 Å². The summed E-state index contributed by atoms with van der Waals surface area (Å²) in [5.41, 5.74) is 3.93. The lowest BCUT2D eigenvalue weighted by Gasteiger charge is -2.30. The summed E-state index contributed by atoms with van der Waals surface area (Å²) in [6.45, 7) is 1.93. The van der Waals surface area contributed by atoms with E-state index in [0.717, 1.165) is 85.6 Å². The van der Waals surface area contributed by atoms with Gasteiger partial charge in [0.25, 0.3) is 0 Å². The lowest BCUT2D eigenvalue weighted by molar-refractivity contribution is -0.112. The van der Waals surface area contributed by atoms with Crippen LogP contribution in [0.15, 0.2) is 42.5 Å². The SMILES string of the molecule is CO.COc1ccc2c(nc(C(CO)c3ccccc3)n2C2CCC(C=O)CC2)c1CCC(C)NC=O. The van der Waals surface area contributed by atoms with E-state index >= 15 is 0 Å². The zero-order chi connectivity index (χ0) is 26.8. The van der Waals surface area contributed by atoms with Gasteiger partial charge in [0.1, 0.15) is 17.9 Å². The molecule has 0 saturated heterocycles. The molecule has 1 fully saturated rings. The van der Waals surface area contributed by atoms with Crippen molar-refractivity contribution in [2.45, 2.75) is 63.5 Å². The van der Waals surface area contributed by atoms with Crippen LogP contribution < -0.4 is 10.1 Å². The van der Waals surface area contributed by atoms with Gasteiger partial charge in [-0.1, -0.05) is 30.3 Å². The van der Waals surface area contributed by atoms with E-state index in [0.29, 0.717) is 6.42 Å². The number of hydrogen-bond donors (Lipinski definition) is 3. The van der Waals surface area contributed by atoms with Crippen molar-refractivity contribution in [2.24, 2.45) is 5.92 Å². The van der Waals surface area contributed by atoms with Crippen molar-refractivity contribution >= 4 is 23.7 Å². The number of aliphatic hydroxyl groups is 2. The summed E-state index contributed by atoms with van der Waals surface area (Å²) in [5, 5.41) is 20.3. The van der Waals surface area contributed by atoms with Crippen LogP contribution in [0.4, 0.5) is 0 Å². The maximum absolute atomic E-state index is 11.4. The topological polar surface area (TPSA) is 114 Å². The minimum Gasteiger partial charge on any atom is -0.496 e. The Morgan fingerprint density at radius 1 is 1.11 bits per heavy atom. The van der Waals surface area contributed by atoms with Crippen LogP contribution in [0.2, 0.25) is 0 Å². The number of ether oxygens (including phenoxy) is 1. The first-order valence-corrected chi connectivity index (χ1v) is 12.9. The van der Waals surface area contributed by atoms with Crippen LogP contribution in [0.5, 0.6) is 5.75 Å². The van der Waals surface area contributed by atoms with Gasteiger partial charge in [0.2, 0.25) is 6.41 Å². The summed E-state index contributed by atoms with van der Waals surface area (Å²) in [4.78, 5) is 27.4. The van der Waals surface area contributed by atoms with E-state index in [4.69, 9.17) is 14.8 Å². The Morgan fingerprint density at radius 3 is 2.41 bits per heavy atom. The highest BCUT2D eigenvalue weighted by Gasteiger charge is 2.30. The summed E-state index contributed by atoms with van der Waals surface area (Å²) in [5.74, 6) is 1.48. The zero-order valence-electron chi connectivity index (χ0n) is 22.0. The van der Waals surface area contributed by atoms with E-state index in [1.807, 2.05) is 43.3 Å². The molecule has 2 unspecified atom stereocenters. The number of nitrogens with one attached hydrogen (secondary N) is 1. The molecule has 8 heteroatoms. The third kappa shape index (κ3) is 6.37. The molecule has 3 N–H and O–H groups in total. The molecule has 200 valence electrons. The number of aliphatic hydroxyl groups excluding tert-OH is 2. The maximum Gasteiger partial charge on any atom is 0.207 e. The van der Waals surface area contributed by atoms with Crippen LogP contribution in [-0.2, 0) is 16.0 Å². The van der Waals surface area contributed by atoms with Crippen molar-refractivity contribution in [1.82, 2.24) is 14.9 Å². The van der Waals surface area contributed by atoms with Gasteiger partial charge < -0.3 is 29.6 Å². The number of fused-ring (bicyclic) bond motifs is 1. The number of benzene rings is 2. The molecule has 1 aliphatic carbocycles. The molecule has 4 rings (SSSR count). The highest BCUT2D eigenvalue weighted by atomic mass is 16.5. The summed E-state index contributed by atoms with van der Waals surface area (Å²) in [6.07, 6.45) is 6.79. The Labute approximate surface area is 218 Å².